The van der Waals surface area contributed by atoms with E-state index < -0.39 is 19.6 Å². The van der Waals surface area contributed by atoms with Crippen LogP contribution in [0.5, 0.6) is 0 Å². The van der Waals surface area contributed by atoms with E-state index in [1.165, 1.54) is 6.16 Å². The van der Waals surface area contributed by atoms with Crippen molar-refractivity contribution in [1.29, 1.82) is 0 Å². The molecule has 8 aliphatic carbocycles. The first-order valence-electron chi connectivity index (χ1n) is 20.2. The largest absolute Gasteiger partial charge is 0.343 e. The molecule has 12 fully saturated rings. The van der Waals surface area contributed by atoms with E-state index in [4.69, 9.17) is 14.2 Å². The van der Waals surface area contributed by atoms with Gasteiger partial charge in [0, 0.05) is 12.8 Å². The number of rotatable bonds is 7. The Bertz CT molecular complexity index is 1370. The van der Waals surface area contributed by atoms with Crippen LogP contribution in [0.4, 0.5) is 0 Å². The molecule has 13 rings (SSSR count). The standard InChI is InChI=1S/C42H64O3P2Si/c1-36-24-38(3)44-37(2,25-39(4,43-36)45-38)42(36,26-46)35-9-8-34(48(5,6)7)16-33(35)23-47(40-17-27-10-28(18-40)12-29(11-27)19-40)41-20-30-13-31(21-41)15-32(14-30)22-41/h8-9,16,27-32H,10-15,17-26,46H2,1-7H3. The topological polar surface area (TPSA) is 27.7 Å². The molecule has 0 N–H and O–H groups in total. The highest BCUT2D eigenvalue weighted by Gasteiger charge is 2.78. The highest BCUT2D eigenvalue weighted by atomic mass is 31.1. The molecule has 1 aromatic rings. The summed E-state index contributed by atoms with van der Waals surface area (Å²) in [4.78, 5) is 0. The van der Waals surface area contributed by atoms with Gasteiger partial charge in [-0.2, -0.15) is 0 Å². The zero-order valence-electron chi connectivity index (χ0n) is 31.3. The van der Waals surface area contributed by atoms with E-state index in [1.54, 1.807) is 93.4 Å². The van der Waals surface area contributed by atoms with Crippen LogP contribution < -0.4 is 5.19 Å². The summed E-state index contributed by atoms with van der Waals surface area (Å²) in [5, 5.41) is 2.89. The Morgan fingerprint density at radius 2 is 1.08 bits per heavy atom. The predicted octanol–water partition coefficient (Wildman–Crippen LogP) is 10.1. The zero-order valence-corrected chi connectivity index (χ0v) is 34.3. The lowest BCUT2D eigenvalue weighted by Crippen LogP contribution is -2.84. The lowest BCUT2D eigenvalue weighted by atomic mass is 9.51. The van der Waals surface area contributed by atoms with Crippen LogP contribution in [0.1, 0.15) is 129 Å². The molecule has 1 aromatic carbocycles. The summed E-state index contributed by atoms with van der Waals surface area (Å²) in [6.07, 6.45) is 22.6. The molecule has 4 heterocycles. The molecule has 0 radical (unpaired) electrons. The van der Waals surface area contributed by atoms with Crippen molar-refractivity contribution in [3.63, 3.8) is 0 Å². The molecule has 0 amide bonds. The van der Waals surface area contributed by atoms with Gasteiger partial charge in [0.05, 0.1) is 24.7 Å². The summed E-state index contributed by atoms with van der Waals surface area (Å²) in [6.45, 7) is 16.9. The van der Waals surface area contributed by atoms with Crippen molar-refractivity contribution < 1.29 is 14.2 Å². The van der Waals surface area contributed by atoms with Gasteiger partial charge in [-0.05, 0) is 174 Å². The highest BCUT2D eigenvalue weighted by Crippen LogP contribution is 2.80. The van der Waals surface area contributed by atoms with Crippen molar-refractivity contribution in [2.24, 2.45) is 35.5 Å². The van der Waals surface area contributed by atoms with Crippen molar-refractivity contribution in [3.8, 4) is 0 Å². The minimum atomic E-state index is -1.54. The van der Waals surface area contributed by atoms with Gasteiger partial charge in [0.15, 0.2) is 11.6 Å². The molecule has 6 heteroatoms. The smallest absolute Gasteiger partial charge is 0.172 e. The molecular formula is C42H64O3P2Si. The Balaban J connectivity index is 1.16. The summed E-state index contributed by atoms with van der Waals surface area (Å²) in [6, 6.07) is 8.00. The second-order valence-corrected chi connectivity index (χ2v) is 30.0. The van der Waals surface area contributed by atoms with Crippen molar-refractivity contribution in [2.45, 2.75) is 182 Å². The average Bonchev–Trinajstić information content (AvgIpc) is 2.92. The first-order valence-corrected chi connectivity index (χ1v) is 26.1. The molecule has 3 nitrogen and oxygen atoms in total. The van der Waals surface area contributed by atoms with Crippen molar-refractivity contribution in [3.05, 3.63) is 29.3 Å². The van der Waals surface area contributed by atoms with Gasteiger partial charge >= 0.3 is 0 Å². The van der Waals surface area contributed by atoms with Crippen LogP contribution in [0.25, 0.3) is 0 Å². The first-order chi connectivity index (χ1) is 22.5. The molecule has 4 saturated heterocycles. The average molecular weight is 707 g/mol. The summed E-state index contributed by atoms with van der Waals surface area (Å²) >= 11 is 0. The van der Waals surface area contributed by atoms with E-state index in [-0.39, 0.29) is 24.5 Å². The normalized spacial score (nSPS) is 54.8. The first kappa shape index (κ1) is 32.8. The molecule has 12 bridgehead atoms. The van der Waals surface area contributed by atoms with Gasteiger partial charge < -0.3 is 14.2 Å². The van der Waals surface area contributed by atoms with Crippen LogP contribution in [-0.2, 0) is 25.8 Å². The number of benzene rings is 1. The fraction of sp³-hybridized carbons (Fsp3) is 0.857. The molecule has 264 valence electrons. The second-order valence-electron chi connectivity index (χ2n) is 21.5. The third kappa shape index (κ3) is 4.41. The van der Waals surface area contributed by atoms with E-state index in [1.807, 2.05) is 0 Å². The Morgan fingerprint density at radius 3 is 1.46 bits per heavy atom. The van der Waals surface area contributed by atoms with Gasteiger partial charge in [0.25, 0.3) is 0 Å². The second kappa shape index (κ2) is 10.0. The highest BCUT2D eigenvalue weighted by molar-refractivity contribution is 7.60. The quantitative estimate of drug-likeness (QED) is 0.209. The molecular weight excluding hydrogens is 642 g/mol. The van der Waals surface area contributed by atoms with Crippen LogP contribution in [0.3, 0.4) is 0 Å². The number of hydrogen-bond donors (Lipinski definition) is 0. The van der Waals surface area contributed by atoms with Crippen LogP contribution in [0.2, 0.25) is 19.6 Å². The monoisotopic (exact) mass is 706 g/mol. The fourth-order valence-corrected chi connectivity index (χ4v) is 23.9. The molecule has 12 aliphatic rings. The summed E-state index contributed by atoms with van der Waals surface area (Å²) in [5.41, 5.74) is 2.33. The van der Waals surface area contributed by atoms with E-state index in [9.17, 15) is 0 Å². The van der Waals surface area contributed by atoms with E-state index >= 15 is 0 Å². The van der Waals surface area contributed by atoms with E-state index in [0.29, 0.717) is 10.3 Å². The maximum absolute atomic E-state index is 7.25. The van der Waals surface area contributed by atoms with Crippen LogP contribution in [0.15, 0.2) is 18.2 Å². The van der Waals surface area contributed by atoms with Gasteiger partial charge in [-0.1, -0.05) is 50.9 Å². The minimum absolute atomic E-state index is 0.164. The maximum atomic E-state index is 7.25. The summed E-state index contributed by atoms with van der Waals surface area (Å²) in [7, 11) is 1.54. The van der Waals surface area contributed by atoms with Gasteiger partial charge in [-0.3, -0.25) is 0 Å². The van der Waals surface area contributed by atoms with Crippen molar-refractivity contribution in [1.82, 2.24) is 0 Å². The number of hydrogen-bond acceptors (Lipinski definition) is 3. The predicted molar refractivity (Wildman–Crippen MR) is 204 cm³/mol. The zero-order chi connectivity index (χ0) is 33.3. The van der Waals surface area contributed by atoms with Crippen molar-refractivity contribution in [2.75, 3.05) is 6.16 Å². The van der Waals surface area contributed by atoms with Gasteiger partial charge in [-0.15, -0.1) is 9.24 Å². The van der Waals surface area contributed by atoms with Crippen LogP contribution in [0, 0.1) is 35.5 Å². The van der Waals surface area contributed by atoms with Crippen LogP contribution >= 0.6 is 17.2 Å². The molecule has 0 aromatic heterocycles. The molecule has 8 saturated carbocycles. The summed E-state index contributed by atoms with van der Waals surface area (Å²) < 4.78 is 21.1. The summed E-state index contributed by atoms with van der Waals surface area (Å²) in [5.74, 6) is 4.93. The Labute approximate surface area is 296 Å². The Morgan fingerprint density at radius 1 is 0.667 bits per heavy atom. The molecule has 5 atom stereocenters. The Kier molecular flexibility index (Phi) is 6.85. The van der Waals surface area contributed by atoms with Crippen LogP contribution in [-0.4, -0.2) is 47.3 Å². The fourth-order valence-electron chi connectivity index (χ4n) is 16.4. The third-order valence-corrected chi connectivity index (χ3v) is 23.4. The van der Waals surface area contributed by atoms with Gasteiger partial charge in [0.1, 0.15) is 0 Å². The lowest BCUT2D eigenvalue weighted by molar-refractivity contribution is -0.531. The van der Waals surface area contributed by atoms with Crippen molar-refractivity contribution >= 4 is 30.4 Å². The van der Waals surface area contributed by atoms with E-state index in [0.717, 1.165) is 54.5 Å². The molecule has 48 heavy (non-hydrogen) atoms. The van der Waals surface area contributed by atoms with Gasteiger partial charge in [0.2, 0.25) is 0 Å². The van der Waals surface area contributed by atoms with Gasteiger partial charge in [-0.25, -0.2) is 0 Å². The minimum Gasteiger partial charge on any atom is -0.343 e. The maximum Gasteiger partial charge on any atom is 0.172 e. The molecule has 5 unspecified atom stereocenters. The molecule has 0 spiro atoms. The third-order valence-electron chi connectivity index (χ3n) is 16.7. The molecule has 4 aliphatic heterocycles. The lowest BCUT2D eigenvalue weighted by Gasteiger charge is -2.74. The van der Waals surface area contributed by atoms with E-state index in [2.05, 4.69) is 74.8 Å². The number of ether oxygens (including phenoxy) is 3. The Hall–Kier alpha value is 0.177. The SMILES string of the molecule is CC12CC3(C)OC(C)(CC(C)(O1)C3(CP)c1ccc([Si](C)(C)C)cc1CP(C13CC4CC(CC(C4)C1)C3)C13CC4CC(CC(C4)C1)C3)O2.